The summed E-state index contributed by atoms with van der Waals surface area (Å²) in [4.78, 5) is 38.6. The molecule has 0 bridgehead atoms. The van der Waals surface area contributed by atoms with Crippen molar-refractivity contribution in [3.8, 4) is 0 Å². The molecule has 7 atom stereocenters. The van der Waals surface area contributed by atoms with E-state index in [1.54, 1.807) is 24.3 Å². The third kappa shape index (κ3) is 4.57. The molecule has 2 saturated heterocycles. The highest BCUT2D eigenvalue weighted by Gasteiger charge is 2.70. The van der Waals surface area contributed by atoms with Crippen LogP contribution in [-0.2, 0) is 23.7 Å². The second kappa shape index (κ2) is 10.3. The topological polar surface area (TPSA) is 88.1 Å². The van der Waals surface area contributed by atoms with E-state index in [0.29, 0.717) is 36.5 Å². The van der Waals surface area contributed by atoms with Crippen molar-refractivity contribution in [3.05, 3.63) is 71.8 Å². The molecule has 0 aromatic heterocycles. The number of ether oxygens (including phenoxy) is 4. The first-order valence-corrected chi connectivity index (χ1v) is 14.9. The van der Waals surface area contributed by atoms with E-state index in [0.717, 1.165) is 32.1 Å². The highest BCUT2D eigenvalue weighted by Crippen LogP contribution is 2.68. The maximum atomic E-state index is 13.3. The molecule has 2 aliphatic carbocycles. The molecule has 4 aliphatic rings. The van der Waals surface area contributed by atoms with Gasteiger partial charge >= 0.3 is 17.9 Å². The van der Waals surface area contributed by atoms with Crippen LogP contribution >= 0.6 is 0 Å². The van der Waals surface area contributed by atoms with E-state index in [-0.39, 0.29) is 35.8 Å². The number of esters is 3. The molecule has 2 heterocycles. The molecule has 2 aliphatic heterocycles. The summed E-state index contributed by atoms with van der Waals surface area (Å²) in [6.07, 6.45) is 4.79. The molecule has 7 heteroatoms. The summed E-state index contributed by atoms with van der Waals surface area (Å²) in [6, 6.07) is 18.0. The molecule has 4 fully saturated rings. The van der Waals surface area contributed by atoms with Crippen LogP contribution in [0, 0.1) is 22.7 Å². The molecule has 0 amide bonds. The minimum Gasteiger partial charge on any atom is -0.463 e. The molecule has 7 nitrogen and oxygen atoms in total. The molecular weight excluding hydrogens is 520 g/mol. The summed E-state index contributed by atoms with van der Waals surface area (Å²) in [6.45, 7) is 7.14. The Morgan fingerprint density at radius 3 is 2.17 bits per heavy atom. The lowest BCUT2D eigenvalue weighted by atomic mass is 9.43. The first kappa shape index (κ1) is 28.0. The van der Waals surface area contributed by atoms with E-state index in [2.05, 4.69) is 20.8 Å². The number of carbonyl (C=O) groups is 3. The number of carbonyl (C=O) groups excluding carboxylic acids is 3. The Balaban J connectivity index is 1.33. The molecular formula is C34H40O7. The van der Waals surface area contributed by atoms with Crippen LogP contribution < -0.4 is 0 Å². The normalized spacial score (nSPS) is 37.9. The Bertz CT molecular complexity index is 1310. The minimum atomic E-state index is -0.643. The Morgan fingerprint density at radius 2 is 1.54 bits per heavy atom. The van der Waals surface area contributed by atoms with Crippen LogP contribution in [-0.4, -0.2) is 48.4 Å². The molecule has 6 rings (SSSR count). The van der Waals surface area contributed by atoms with Crippen molar-refractivity contribution >= 4 is 17.9 Å². The van der Waals surface area contributed by atoms with Gasteiger partial charge in [0.25, 0.3) is 0 Å². The van der Waals surface area contributed by atoms with Crippen LogP contribution in [0.4, 0.5) is 0 Å². The van der Waals surface area contributed by atoms with Crippen molar-refractivity contribution in [2.24, 2.45) is 22.7 Å². The van der Waals surface area contributed by atoms with Gasteiger partial charge in [-0.2, -0.15) is 0 Å². The van der Waals surface area contributed by atoms with Gasteiger partial charge in [0.05, 0.1) is 23.1 Å². The summed E-state index contributed by atoms with van der Waals surface area (Å²) in [5.41, 5.74) is -0.927. The third-order valence-electron chi connectivity index (χ3n) is 11.0. The van der Waals surface area contributed by atoms with Crippen LogP contribution in [0.1, 0.15) is 86.4 Å². The van der Waals surface area contributed by atoms with Crippen LogP contribution in [0.3, 0.4) is 0 Å². The zero-order valence-electron chi connectivity index (χ0n) is 24.2. The Hall–Kier alpha value is -3.19. The first-order valence-electron chi connectivity index (χ1n) is 14.9. The van der Waals surface area contributed by atoms with E-state index in [4.69, 9.17) is 18.9 Å². The van der Waals surface area contributed by atoms with Gasteiger partial charge in [0.15, 0.2) is 0 Å². The smallest absolute Gasteiger partial charge is 0.338 e. The highest BCUT2D eigenvalue weighted by molar-refractivity contribution is 5.90. The summed E-state index contributed by atoms with van der Waals surface area (Å²) in [5, 5.41) is 0. The summed E-state index contributed by atoms with van der Waals surface area (Å²) < 4.78 is 24.8. The van der Waals surface area contributed by atoms with Crippen LogP contribution in [0.5, 0.6) is 0 Å². The van der Waals surface area contributed by atoms with E-state index in [1.807, 2.05) is 36.4 Å². The van der Waals surface area contributed by atoms with Gasteiger partial charge in [-0.3, -0.25) is 4.79 Å². The number of hydrogen-bond acceptors (Lipinski definition) is 7. The van der Waals surface area contributed by atoms with Gasteiger partial charge in [-0.1, -0.05) is 57.2 Å². The number of cyclic esters (lactones) is 1. The summed E-state index contributed by atoms with van der Waals surface area (Å²) in [5.74, 6) is -0.592. The third-order valence-corrected chi connectivity index (χ3v) is 11.0. The molecule has 41 heavy (non-hydrogen) atoms. The molecule has 218 valence electrons. The quantitative estimate of drug-likeness (QED) is 0.320. The zero-order chi connectivity index (χ0) is 28.9. The van der Waals surface area contributed by atoms with Gasteiger partial charge in [-0.25, -0.2) is 9.59 Å². The van der Waals surface area contributed by atoms with Crippen molar-refractivity contribution in [1.82, 2.24) is 0 Å². The molecule has 2 spiro atoms. The Morgan fingerprint density at radius 1 is 0.878 bits per heavy atom. The fraction of sp³-hybridized carbons (Fsp3) is 0.559. The maximum Gasteiger partial charge on any atom is 0.338 e. The van der Waals surface area contributed by atoms with E-state index in [9.17, 15) is 14.4 Å². The van der Waals surface area contributed by atoms with E-state index >= 15 is 0 Å². The summed E-state index contributed by atoms with van der Waals surface area (Å²) >= 11 is 0. The van der Waals surface area contributed by atoms with Crippen molar-refractivity contribution in [2.45, 2.75) is 83.0 Å². The van der Waals surface area contributed by atoms with Crippen molar-refractivity contribution in [2.75, 3.05) is 13.2 Å². The largest absolute Gasteiger partial charge is 0.463 e. The molecule has 0 radical (unpaired) electrons. The molecule has 2 saturated carbocycles. The van der Waals surface area contributed by atoms with Gasteiger partial charge in [0.1, 0.15) is 24.9 Å². The lowest BCUT2D eigenvalue weighted by molar-refractivity contribution is -0.265. The van der Waals surface area contributed by atoms with E-state index < -0.39 is 22.7 Å². The minimum absolute atomic E-state index is 0.0604. The van der Waals surface area contributed by atoms with Crippen LogP contribution in [0.15, 0.2) is 60.7 Å². The fourth-order valence-electron chi connectivity index (χ4n) is 8.75. The number of hydrogen-bond donors (Lipinski definition) is 0. The average molecular weight is 561 g/mol. The van der Waals surface area contributed by atoms with E-state index in [1.165, 1.54) is 0 Å². The van der Waals surface area contributed by atoms with Crippen molar-refractivity contribution < 1.29 is 33.3 Å². The summed E-state index contributed by atoms with van der Waals surface area (Å²) in [7, 11) is 0. The SMILES string of the molecule is C[C@@H]1CC[C@H]2[C@](C)(COC(=O)c3ccccc3)[C@@H](OC(=O)c3ccccc3)CC[C@]2(C)[C@@]12CC[C@]1(COC(=O)C1)O2. The lowest BCUT2D eigenvalue weighted by Crippen LogP contribution is -2.67. The van der Waals surface area contributed by atoms with Gasteiger partial charge < -0.3 is 18.9 Å². The maximum absolute atomic E-state index is 13.3. The van der Waals surface area contributed by atoms with Crippen molar-refractivity contribution in [3.63, 3.8) is 0 Å². The van der Waals surface area contributed by atoms with Crippen LogP contribution in [0.25, 0.3) is 0 Å². The second-order valence-electron chi connectivity index (χ2n) is 13.2. The highest BCUT2D eigenvalue weighted by atomic mass is 16.6. The standard InChI is InChI=1S/C34H40O7/c1-23-14-15-26-31(2,21-39-29(36)24-10-6-4-7-11-24)27(40-30(37)25-12-8-5-9-13-25)16-17-32(26,3)34(23)19-18-33(41-34)20-28(35)38-22-33/h4-13,23,26-27H,14-22H2,1-3H3/t23-,26+,27+,31+,32+,33+,34-/m1/s1. The van der Waals surface area contributed by atoms with Gasteiger partial charge in [-0.15, -0.1) is 0 Å². The first-order chi connectivity index (χ1) is 19.6. The monoisotopic (exact) mass is 560 g/mol. The fourth-order valence-corrected chi connectivity index (χ4v) is 8.75. The predicted molar refractivity (Wildman–Crippen MR) is 151 cm³/mol. The zero-order valence-corrected chi connectivity index (χ0v) is 24.2. The number of fused-ring (bicyclic) bond motifs is 2. The van der Waals surface area contributed by atoms with Crippen LogP contribution in [0.2, 0.25) is 0 Å². The number of rotatable bonds is 5. The molecule has 0 unspecified atom stereocenters. The molecule has 2 aromatic rings. The molecule has 2 aromatic carbocycles. The van der Waals surface area contributed by atoms with Gasteiger partial charge in [0.2, 0.25) is 0 Å². The second-order valence-corrected chi connectivity index (χ2v) is 13.2. The number of benzene rings is 2. The van der Waals surface area contributed by atoms with Crippen molar-refractivity contribution in [1.29, 1.82) is 0 Å². The lowest BCUT2D eigenvalue weighted by Gasteiger charge is -2.65. The Labute approximate surface area is 241 Å². The van der Waals surface area contributed by atoms with Gasteiger partial charge in [-0.05, 0) is 74.6 Å². The Kier molecular flexibility index (Phi) is 7.00. The molecule has 0 N–H and O–H groups in total. The average Bonchev–Trinajstić information content (AvgIpc) is 3.55. The predicted octanol–water partition coefficient (Wildman–Crippen LogP) is 6.16. The van der Waals surface area contributed by atoms with Gasteiger partial charge in [0, 0.05) is 10.8 Å².